The van der Waals surface area contributed by atoms with Gasteiger partial charge in [-0.3, -0.25) is 4.99 Å². The number of hydrogen-bond acceptors (Lipinski definition) is 2. The van der Waals surface area contributed by atoms with Crippen molar-refractivity contribution in [1.29, 1.82) is 0 Å². The summed E-state index contributed by atoms with van der Waals surface area (Å²) in [5.41, 5.74) is 3.63. The first-order valence-corrected chi connectivity index (χ1v) is 3.79. The van der Waals surface area contributed by atoms with Gasteiger partial charge >= 0.3 is 0 Å². The van der Waals surface area contributed by atoms with Crippen LogP contribution in [0.1, 0.15) is 20.8 Å². The van der Waals surface area contributed by atoms with Crippen molar-refractivity contribution in [3.63, 3.8) is 0 Å². The molecule has 0 aliphatic carbocycles. The Labute approximate surface area is 69.6 Å². The Kier molecular flexibility index (Phi) is 3.86. The Morgan fingerprint density at radius 2 is 1.55 bits per heavy atom. The molecule has 0 heterocycles. The second kappa shape index (κ2) is 4.16. The zero-order valence-corrected chi connectivity index (χ0v) is 8.39. The van der Waals surface area contributed by atoms with Gasteiger partial charge in [-0.15, -0.1) is 0 Å². The van der Waals surface area contributed by atoms with E-state index in [1.165, 1.54) is 11.3 Å². The minimum absolute atomic E-state index is 1.09. The average molecular weight is 154 g/mol. The smallest absolute Gasteiger partial charge is 0.0558 e. The van der Waals surface area contributed by atoms with Crippen LogP contribution in [0.25, 0.3) is 0 Å². The van der Waals surface area contributed by atoms with Crippen molar-refractivity contribution in [2.45, 2.75) is 20.8 Å². The van der Waals surface area contributed by atoms with Gasteiger partial charge < -0.3 is 4.90 Å². The predicted molar refractivity (Wildman–Crippen MR) is 51.1 cm³/mol. The average Bonchev–Trinajstić information content (AvgIpc) is 1.85. The predicted octanol–water partition coefficient (Wildman–Crippen LogP) is 1.93. The summed E-state index contributed by atoms with van der Waals surface area (Å²) in [6, 6.07) is 0. The molecule has 64 valence electrons. The SMILES string of the molecule is CN=C(C)C(=C(C)C)N(C)C. The molecule has 0 atom stereocenters. The Bertz CT molecular complexity index is 184. The molecule has 0 aliphatic rings. The Morgan fingerprint density at radius 3 is 1.64 bits per heavy atom. The molecule has 0 fully saturated rings. The minimum atomic E-state index is 1.09. The Balaban J connectivity index is 4.79. The van der Waals surface area contributed by atoms with Crippen LogP contribution in [0, 0.1) is 0 Å². The summed E-state index contributed by atoms with van der Waals surface area (Å²) >= 11 is 0. The second-order valence-corrected chi connectivity index (χ2v) is 3.05. The number of nitrogens with zero attached hydrogens (tertiary/aromatic N) is 2. The monoisotopic (exact) mass is 154 g/mol. The molecule has 0 saturated carbocycles. The number of rotatable bonds is 2. The molecule has 0 rings (SSSR count). The largest absolute Gasteiger partial charge is 0.376 e. The fourth-order valence-corrected chi connectivity index (χ4v) is 1.24. The van der Waals surface area contributed by atoms with Gasteiger partial charge in [0, 0.05) is 21.1 Å². The van der Waals surface area contributed by atoms with Gasteiger partial charge in [-0.1, -0.05) is 5.57 Å². The summed E-state index contributed by atoms with van der Waals surface area (Å²) < 4.78 is 0. The first-order chi connectivity index (χ1) is 5.00. The Morgan fingerprint density at radius 1 is 1.09 bits per heavy atom. The normalized spacial score (nSPS) is 11.3. The summed E-state index contributed by atoms with van der Waals surface area (Å²) in [4.78, 5) is 6.24. The zero-order valence-electron chi connectivity index (χ0n) is 8.39. The molecule has 11 heavy (non-hydrogen) atoms. The van der Waals surface area contributed by atoms with Crippen molar-refractivity contribution in [2.75, 3.05) is 21.1 Å². The lowest BCUT2D eigenvalue weighted by Crippen LogP contribution is -2.18. The third kappa shape index (κ3) is 2.74. The molecule has 0 saturated heterocycles. The lowest BCUT2D eigenvalue weighted by molar-refractivity contribution is 0.532. The van der Waals surface area contributed by atoms with Crippen molar-refractivity contribution in [3.8, 4) is 0 Å². The zero-order chi connectivity index (χ0) is 9.02. The minimum Gasteiger partial charge on any atom is -0.376 e. The van der Waals surface area contributed by atoms with Gasteiger partial charge in [-0.2, -0.15) is 0 Å². The van der Waals surface area contributed by atoms with E-state index < -0.39 is 0 Å². The van der Waals surface area contributed by atoms with Crippen LogP contribution >= 0.6 is 0 Å². The number of hydrogen-bond donors (Lipinski definition) is 0. The fraction of sp³-hybridized carbons (Fsp3) is 0.667. The quantitative estimate of drug-likeness (QED) is 0.555. The van der Waals surface area contributed by atoms with E-state index in [0.29, 0.717) is 0 Å². The molecule has 0 spiro atoms. The molecule has 0 unspecified atom stereocenters. The van der Waals surface area contributed by atoms with Crippen LogP contribution in [-0.2, 0) is 0 Å². The van der Waals surface area contributed by atoms with Crippen molar-refractivity contribution < 1.29 is 0 Å². The molecule has 0 aromatic rings. The van der Waals surface area contributed by atoms with E-state index in [-0.39, 0.29) is 0 Å². The molecule has 0 amide bonds. The second-order valence-electron chi connectivity index (χ2n) is 3.05. The van der Waals surface area contributed by atoms with E-state index in [1.54, 1.807) is 0 Å². The van der Waals surface area contributed by atoms with Gasteiger partial charge in [-0.25, -0.2) is 0 Å². The molecule has 0 radical (unpaired) electrons. The molecule has 0 N–H and O–H groups in total. The molecule has 2 heteroatoms. The highest BCUT2D eigenvalue weighted by atomic mass is 15.1. The van der Waals surface area contributed by atoms with Gasteiger partial charge in [0.1, 0.15) is 0 Å². The van der Waals surface area contributed by atoms with E-state index in [1.807, 2.05) is 28.1 Å². The topological polar surface area (TPSA) is 15.6 Å². The van der Waals surface area contributed by atoms with Gasteiger partial charge in [0.05, 0.1) is 11.4 Å². The molecule has 0 bridgehead atoms. The molecule has 0 aliphatic heterocycles. The fourth-order valence-electron chi connectivity index (χ4n) is 1.24. The summed E-state index contributed by atoms with van der Waals surface area (Å²) in [6.07, 6.45) is 0. The maximum absolute atomic E-state index is 4.15. The molecular weight excluding hydrogens is 136 g/mol. The van der Waals surface area contributed by atoms with Gasteiger partial charge in [-0.05, 0) is 20.8 Å². The van der Waals surface area contributed by atoms with Crippen LogP contribution in [0.5, 0.6) is 0 Å². The lowest BCUT2D eigenvalue weighted by Gasteiger charge is -2.18. The summed E-state index contributed by atoms with van der Waals surface area (Å²) in [5, 5.41) is 0. The van der Waals surface area contributed by atoms with E-state index >= 15 is 0 Å². The molecular formula is C9H18N2. The first kappa shape index (κ1) is 10.2. The first-order valence-electron chi connectivity index (χ1n) is 3.79. The van der Waals surface area contributed by atoms with Crippen molar-refractivity contribution in [1.82, 2.24) is 4.90 Å². The van der Waals surface area contributed by atoms with Crippen LogP contribution < -0.4 is 0 Å². The molecule has 0 aromatic carbocycles. The maximum Gasteiger partial charge on any atom is 0.0558 e. The summed E-state index contributed by atoms with van der Waals surface area (Å²) in [6.45, 7) is 6.23. The lowest BCUT2D eigenvalue weighted by atomic mass is 10.2. The van der Waals surface area contributed by atoms with Crippen LogP contribution in [0.3, 0.4) is 0 Å². The molecule has 0 aromatic heterocycles. The highest BCUT2D eigenvalue weighted by Gasteiger charge is 2.04. The highest BCUT2D eigenvalue weighted by molar-refractivity contribution is 5.98. The number of allylic oxidation sites excluding steroid dienone is 2. The standard InChI is InChI=1S/C9H18N2/c1-7(2)9(11(5)6)8(3)10-4/h1-6H3. The third-order valence-electron chi connectivity index (χ3n) is 1.60. The van der Waals surface area contributed by atoms with E-state index in [4.69, 9.17) is 0 Å². The van der Waals surface area contributed by atoms with Crippen molar-refractivity contribution >= 4 is 5.71 Å². The van der Waals surface area contributed by atoms with Crippen molar-refractivity contribution in [2.24, 2.45) is 4.99 Å². The summed E-state index contributed by atoms with van der Waals surface area (Å²) in [7, 11) is 5.90. The van der Waals surface area contributed by atoms with Crippen LogP contribution in [0.4, 0.5) is 0 Å². The van der Waals surface area contributed by atoms with Crippen LogP contribution in [-0.4, -0.2) is 31.8 Å². The third-order valence-corrected chi connectivity index (χ3v) is 1.60. The van der Waals surface area contributed by atoms with E-state index in [9.17, 15) is 0 Å². The van der Waals surface area contributed by atoms with Crippen LogP contribution in [0.15, 0.2) is 16.3 Å². The van der Waals surface area contributed by atoms with Gasteiger partial charge in [0.2, 0.25) is 0 Å². The van der Waals surface area contributed by atoms with E-state index in [0.717, 1.165) is 5.71 Å². The summed E-state index contributed by atoms with van der Waals surface area (Å²) in [5.74, 6) is 0. The van der Waals surface area contributed by atoms with Crippen molar-refractivity contribution in [3.05, 3.63) is 11.3 Å². The Hall–Kier alpha value is -0.790. The van der Waals surface area contributed by atoms with Crippen LogP contribution in [0.2, 0.25) is 0 Å². The maximum atomic E-state index is 4.15. The van der Waals surface area contributed by atoms with Gasteiger partial charge in [0.15, 0.2) is 0 Å². The number of aliphatic imine (C=N–C) groups is 1. The highest BCUT2D eigenvalue weighted by Crippen LogP contribution is 2.07. The molecule has 2 nitrogen and oxygen atoms in total. The van der Waals surface area contributed by atoms with Gasteiger partial charge in [0.25, 0.3) is 0 Å². The van der Waals surface area contributed by atoms with E-state index in [2.05, 4.69) is 23.7 Å².